The van der Waals surface area contributed by atoms with Crippen molar-refractivity contribution < 1.29 is 0 Å². The highest BCUT2D eigenvalue weighted by atomic mass is 15.2. The number of rotatable bonds is 5. The highest BCUT2D eigenvalue weighted by Crippen LogP contribution is 2.23. The summed E-state index contributed by atoms with van der Waals surface area (Å²) in [6, 6.07) is 5.36. The van der Waals surface area contributed by atoms with Crippen LogP contribution in [-0.4, -0.2) is 30.6 Å². The van der Waals surface area contributed by atoms with Gasteiger partial charge in [0.1, 0.15) is 0 Å². The van der Waals surface area contributed by atoms with Crippen molar-refractivity contribution in [3.05, 3.63) is 34.4 Å². The summed E-state index contributed by atoms with van der Waals surface area (Å²) >= 11 is 0. The van der Waals surface area contributed by atoms with E-state index in [1.807, 2.05) is 0 Å². The van der Waals surface area contributed by atoms with Crippen molar-refractivity contribution in [3.63, 3.8) is 0 Å². The second-order valence-corrected chi connectivity index (χ2v) is 6.31. The van der Waals surface area contributed by atoms with Crippen LogP contribution in [-0.2, 0) is 6.54 Å². The molecule has 2 heteroatoms. The zero-order chi connectivity index (χ0) is 14.5. The Hall–Kier alpha value is -0.860. The molecule has 2 rings (SSSR count). The monoisotopic (exact) mass is 274 g/mol. The van der Waals surface area contributed by atoms with E-state index < -0.39 is 0 Å². The number of hydrogen-bond donors (Lipinski definition) is 1. The molecule has 2 nitrogen and oxygen atoms in total. The molecule has 0 saturated carbocycles. The molecule has 0 radical (unpaired) electrons. The molecule has 1 unspecified atom stereocenters. The Bertz CT molecular complexity index is 416. The summed E-state index contributed by atoms with van der Waals surface area (Å²) in [6.07, 6.45) is 4.09. The van der Waals surface area contributed by atoms with Crippen LogP contribution in [0.4, 0.5) is 0 Å². The van der Waals surface area contributed by atoms with Gasteiger partial charge in [0.15, 0.2) is 0 Å². The molecule has 1 atom stereocenters. The molecule has 0 spiro atoms. The van der Waals surface area contributed by atoms with Crippen LogP contribution in [0.1, 0.15) is 48.4 Å². The third kappa shape index (κ3) is 3.83. The summed E-state index contributed by atoms with van der Waals surface area (Å²) in [4.78, 5) is 2.69. The SMILES string of the molecule is CCNCC1CCCCN1Cc1c(C)cc(C)cc1C. The van der Waals surface area contributed by atoms with E-state index in [0.29, 0.717) is 6.04 Å². The maximum atomic E-state index is 3.53. The van der Waals surface area contributed by atoms with Gasteiger partial charge in [-0.2, -0.15) is 0 Å². The molecule has 1 aliphatic heterocycles. The third-order valence-corrected chi connectivity index (χ3v) is 4.58. The molecule has 112 valence electrons. The van der Waals surface area contributed by atoms with Crippen LogP contribution in [0.5, 0.6) is 0 Å². The lowest BCUT2D eigenvalue weighted by molar-refractivity contribution is 0.137. The van der Waals surface area contributed by atoms with Gasteiger partial charge in [0, 0.05) is 19.1 Å². The molecule has 1 fully saturated rings. The van der Waals surface area contributed by atoms with Crippen LogP contribution in [0.2, 0.25) is 0 Å². The number of hydrogen-bond acceptors (Lipinski definition) is 2. The van der Waals surface area contributed by atoms with Crippen LogP contribution >= 0.6 is 0 Å². The summed E-state index contributed by atoms with van der Waals surface area (Å²) in [5, 5.41) is 3.53. The standard InChI is InChI=1S/C18H30N2/c1-5-19-12-17-8-6-7-9-20(17)13-18-15(3)10-14(2)11-16(18)4/h10-11,17,19H,5-9,12-13H2,1-4H3. The Morgan fingerprint density at radius 3 is 2.50 bits per heavy atom. The van der Waals surface area contributed by atoms with Gasteiger partial charge < -0.3 is 5.32 Å². The van der Waals surface area contributed by atoms with Crippen molar-refractivity contribution in [2.75, 3.05) is 19.6 Å². The molecule has 1 N–H and O–H groups in total. The Kier molecular flexibility index (Phi) is 5.62. The van der Waals surface area contributed by atoms with Gasteiger partial charge in [0.25, 0.3) is 0 Å². The van der Waals surface area contributed by atoms with Crippen LogP contribution in [0.25, 0.3) is 0 Å². The van der Waals surface area contributed by atoms with Gasteiger partial charge in [-0.15, -0.1) is 0 Å². The van der Waals surface area contributed by atoms with Crippen molar-refractivity contribution in [2.45, 2.75) is 59.5 Å². The second kappa shape index (κ2) is 7.24. The Balaban J connectivity index is 2.10. The molecular formula is C18H30N2. The Morgan fingerprint density at radius 2 is 1.85 bits per heavy atom. The van der Waals surface area contributed by atoms with E-state index in [2.05, 4.69) is 50.0 Å². The minimum absolute atomic E-state index is 0.712. The van der Waals surface area contributed by atoms with Crippen LogP contribution < -0.4 is 5.32 Å². The lowest BCUT2D eigenvalue weighted by Crippen LogP contribution is -2.45. The number of likely N-dealkylation sites (tertiary alicyclic amines) is 1. The van der Waals surface area contributed by atoms with E-state index in [9.17, 15) is 0 Å². The lowest BCUT2D eigenvalue weighted by atomic mass is 9.96. The van der Waals surface area contributed by atoms with Crippen molar-refractivity contribution in [1.82, 2.24) is 10.2 Å². The summed E-state index contributed by atoms with van der Waals surface area (Å²) in [5.41, 5.74) is 5.83. The zero-order valence-electron chi connectivity index (χ0n) is 13.6. The summed E-state index contributed by atoms with van der Waals surface area (Å²) in [5.74, 6) is 0. The fourth-order valence-electron chi connectivity index (χ4n) is 3.47. The van der Waals surface area contributed by atoms with E-state index in [0.717, 1.165) is 19.6 Å². The number of piperidine rings is 1. The second-order valence-electron chi connectivity index (χ2n) is 6.31. The first-order valence-electron chi connectivity index (χ1n) is 8.13. The average molecular weight is 274 g/mol. The molecule has 0 aliphatic carbocycles. The van der Waals surface area contributed by atoms with Gasteiger partial charge in [-0.25, -0.2) is 0 Å². The van der Waals surface area contributed by atoms with Crippen molar-refractivity contribution >= 4 is 0 Å². The predicted molar refractivity (Wildman–Crippen MR) is 87.2 cm³/mol. The smallest absolute Gasteiger partial charge is 0.0242 e. The van der Waals surface area contributed by atoms with Gasteiger partial charge in [-0.05, 0) is 63.4 Å². The number of benzene rings is 1. The topological polar surface area (TPSA) is 15.3 Å². The molecule has 1 heterocycles. The number of nitrogens with zero attached hydrogens (tertiary/aromatic N) is 1. The van der Waals surface area contributed by atoms with E-state index in [-0.39, 0.29) is 0 Å². The maximum absolute atomic E-state index is 3.53. The van der Waals surface area contributed by atoms with Gasteiger partial charge in [0.2, 0.25) is 0 Å². The van der Waals surface area contributed by atoms with Crippen molar-refractivity contribution in [3.8, 4) is 0 Å². The van der Waals surface area contributed by atoms with Gasteiger partial charge >= 0.3 is 0 Å². The molecule has 0 aromatic heterocycles. The largest absolute Gasteiger partial charge is 0.315 e. The molecular weight excluding hydrogens is 244 g/mol. The molecule has 1 saturated heterocycles. The van der Waals surface area contributed by atoms with E-state index in [1.54, 1.807) is 5.56 Å². The van der Waals surface area contributed by atoms with Gasteiger partial charge in [-0.3, -0.25) is 4.90 Å². The van der Waals surface area contributed by atoms with Gasteiger partial charge in [-0.1, -0.05) is 31.0 Å². The highest BCUT2D eigenvalue weighted by molar-refractivity contribution is 5.37. The summed E-state index contributed by atoms with van der Waals surface area (Å²) in [7, 11) is 0. The Morgan fingerprint density at radius 1 is 1.15 bits per heavy atom. The number of likely N-dealkylation sites (N-methyl/N-ethyl adjacent to an activating group) is 1. The lowest BCUT2D eigenvalue weighted by Gasteiger charge is -2.36. The first kappa shape index (κ1) is 15.5. The van der Waals surface area contributed by atoms with Crippen LogP contribution in [0.15, 0.2) is 12.1 Å². The van der Waals surface area contributed by atoms with E-state index in [1.165, 1.54) is 42.5 Å². The number of aryl methyl sites for hydroxylation is 3. The van der Waals surface area contributed by atoms with Crippen molar-refractivity contribution in [2.24, 2.45) is 0 Å². The van der Waals surface area contributed by atoms with Crippen LogP contribution in [0.3, 0.4) is 0 Å². The fourth-order valence-corrected chi connectivity index (χ4v) is 3.47. The third-order valence-electron chi connectivity index (χ3n) is 4.58. The van der Waals surface area contributed by atoms with Gasteiger partial charge in [0.05, 0.1) is 0 Å². The van der Waals surface area contributed by atoms with E-state index in [4.69, 9.17) is 0 Å². The average Bonchev–Trinajstić information content (AvgIpc) is 2.41. The number of nitrogens with one attached hydrogen (secondary N) is 1. The maximum Gasteiger partial charge on any atom is 0.0242 e. The molecule has 1 aromatic carbocycles. The summed E-state index contributed by atoms with van der Waals surface area (Å²) < 4.78 is 0. The normalized spacial score (nSPS) is 20.3. The van der Waals surface area contributed by atoms with Crippen LogP contribution in [0, 0.1) is 20.8 Å². The fraction of sp³-hybridized carbons (Fsp3) is 0.667. The predicted octanol–water partition coefficient (Wildman–Crippen LogP) is 3.58. The Labute approximate surface area is 124 Å². The minimum Gasteiger partial charge on any atom is -0.315 e. The van der Waals surface area contributed by atoms with Crippen molar-refractivity contribution in [1.29, 1.82) is 0 Å². The summed E-state index contributed by atoms with van der Waals surface area (Å²) in [6.45, 7) is 13.5. The zero-order valence-corrected chi connectivity index (χ0v) is 13.6. The first-order valence-corrected chi connectivity index (χ1v) is 8.13. The molecule has 0 bridgehead atoms. The highest BCUT2D eigenvalue weighted by Gasteiger charge is 2.22. The molecule has 1 aliphatic rings. The van der Waals surface area contributed by atoms with E-state index >= 15 is 0 Å². The minimum atomic E-state index is 0.712. The first-order chi connectivity index (χ1) is 9.61. The quantitative estimate of drug-likeness (QED) is 0.883. The molecule has 20 heavy (non-hydrogen) atoms. The molecule has 0 amide bonds. The molecule has 1 aromatic rings.